The topological polar surface area (TPSA) is 76.4 Å². The number of aromatic nitrogens is 1. The SMILES string of the molecule is COCCNc1cc(NCc2ccccc2)c2noc3c2c1C(=O)c1ccccc1-3. The average molecular weight is 399 g/mol. The van der Waals surface area contributed by atoms with Crippen molar-refractivity contribution in [2.75, 3.05) is 30.9 Å². The lowest BCUT2D eigenvalue weighted by atomic mass is 9.86. The lowest BCUT2D eigenvalue weighted by Crippen LogP contribution is -2.16. The van der Waals surface area contributed by atoms with Crippen molar-refractivity contribution in [2.45, 2.75) is 6.54 Å². The molecule has 4 aromatic rings. The predicted molar refractivity (Wildman–Crippen MR) is 117 cm³/mol. The Labute approximate surface area is 173 Å². The van der Waals surface area contributed by atoms with Crippen LogP contribution in [0.25, 0.3) is 22.2 Å². The van der Waals surface area contributed by atoms with Gasteiger partial charge in [0, 0.05) is 37.0 Å². The number of nitrogens with zero attached hydrogens (tertiary/aromatic N) is 1. The molecule has 0 spiro atoms. The fourth-order valence-corrected chi connectivity index (χ4v) is 3.91. The quantitative estimate of drug-likeness (QED) is 0.386. The molecule has 0 unspecified atom stereocenters. The molecule has 0 saturated heterocycles. The number of carbonyl (C=O) groups is 1. The Morgan fingerprint density at radius 3 is 2.53 bits per heavy atom. The van der Waals surface area contributed by atoms with Gasteiger partial charge in [-0.1, -0.05) is 59.8 Å². The van der Waals surface area contributed by atoms with Gasteiger partial charge in [-0.3, -0.25) is 4.79 Å². The molecule has 2 N–H and O–H groups in total. The second-order valence-corrected chi connectivity index (χ2v) is 7.22. The van der Waals surface area contributed by atoms with Crippen molar-refractivity contribution in [3.63, 3.8) is 0 Å². The zero-order valence-electron chi connectivity index (χ0n) is 16.6. The molecule has 1 aliphatic carbocycles. The Kier molecular flexibility index (Phi) is 4.69. The van der Waals surface area contributed by atoms with Crippen LogP contribution in [-0.2, 0) is 11.3 Å². The maximum atomic E-state index is 13.4. The van der Waals surface area contributed by atoms with E-state index in [0.717, 1.165) is 27.9 Å². The number of ketones is 1. The average Bonchev–Trinajstić information content (AvgIpc) is 3.23. The van der Waals surface area contributed by atoms with Crippen molar-refractivity contribution >= 4 is 28.1 Å². The third-order valence-corrected chi connectivity index (χ3v) is 5.35. The van der Waals surface area contributed by atoms with Crippen LogP contribution in [0.1, 0.15) is 21.5 Å². The van der Waals surface area contributed by atoms with E-state index in [1.54, 1.807) is 7.11 Å². The Bertz CT molecular complexity index is 1230. The summed E-state index contributed by atoms with van der Waals surface area (Å²) in [6.07, 6.45) is 0. The first kappa shape index (κ1) is 18.4. The van der Waals surface area contributed by atoms with E-state index in [0.29, 0.717) is 42.1 Å². The molecule has 30 heavy (non-hydrogen) atoms. The monoisotopic (exact) mass is 399 g/mol. The molecule has 0 atom stereocenters. The maximum Gasteiger partial charge on any atom is 0.196 e. The molecule has 0 radical (unpaired) electrons. The van der Waals surface area contributed by atoms with Crippen molar-refractivity contribution in [1.82, 2.24) is 5.16 Å². The first-order chi connectivity index (χ1) is 14.8. The van der Waals surface area contributed by atoms with Crippen molar-refractivity contribution in [2.24, 2.45) is 0 Å². The second-order valence-electron chi connectivity index (χ2n) is 7.22. The van der Waals surface area contributed by atoms with Crippen LogP contribution in [0.5, 0.6) is 0 Å². The lowest BCUT2D eigenvalue weighted by Gasteiger charge is -2.19. The molecular formula is C24H21N3O3. The van der Waals surface area contributed by atoms with Gasteiger partial charge in [0.25, 0.3) is 0 Å². The highest BCUT2D eigenvalue weighted by Gasteiger charge is 2.32. The minimum absolute atomic E-state index is 0.0270. The van der Waals surface area contributed by atoms with Crippen LogP contribution in [0.4, 0.5) is 11.4 Å². The van der Waals surface area contributed by atoms with Gasteiger partial charge in [0.05, 0.1) is 23.2 Å². The van der Waals surface area contributed by atoms with Gasteiger partial charge in [0.15, 0.2) is 11.5 Å². The Balaban J connectivity index is 1.64. The smallest absolute Gasteiger partial charge is 0.196 e. The first-order valence-corrected chi connectivity index (χ1v) is 9.89. The lowest BCUT2D eigenvalue weighted by molar-refractivity contribution is 0.104. The largest absolute Gasteiger partial charge is 0.383 e. The van der Waals surface area contributed by atoms with E-state index in [1.165, 1.54) is 0 Å². The molecule has 0 bridgehead atoms. The fraction of sp³-hybridized carbons (Fsp3) is 0.167. The number of rotatable bonds is 7. The molecule has 6 heteroatoms. The fourth-order valence-electron chi connectivity index (χ4n) is 3.91. The maximum absolute atomic E-state index is 13.4. The summed E-state index contributed by atoms with van der Waals surface area (Å²) in [6.45, 7) is 1.76. The zero-order chi connectivity index (χ0) is 20.5. The third-order valence-electron chi connectivity index (χ3n) is 5.35. The van der Waals surface area contributed by atoms with E-state index in [-0.39, 0.29) is 5.78 Å². The molecule has 5 rings (SSSR count). The van der Waals surface area contributed by atoms with Gasteiger partial charge in [-0.2, -0.15) is 0 Å². The number of ether oxygens (including phenoxy) is 1. The predicted octanol–water partition coefficient (Wildman–Crippen LogP) is 4.71. The van der Waals surface area contributed by atoms with E-state index < -0.39 is 0 Å². The molecule has 1 heterocycles. The Morgan fingerprint density at radius 1 is 0.967 bits per heavy atom. The summed E-state index contributed by atoms with van der Waals surface area (Å²) in [7, 11) is 1.65. The van der Waals surface area contributed by atoms with Crippen LogP contribution in [0, 0.1) is 0 Å². The number of hydrogen-bond donors (Lipinski definition) is 2. The number of hydrogen-bond acceptors (Lipinski definition) is 6. The Morgan fingerprint density at radius 2 is 1.73 bits per heavy atom. The minimum atomic E-state index is -0.0270. The molecule has 1 aromatic heterocycles. The number of benzene rings is 3. The van der Waals surface area contributed by atoms with Gasteiger partial charge < -0.3 is 19.9 Å². The van der Waals surface area contributed by atoms with Crippen LogP contribution in [0.2, 0.25) is 0 Å². The number of fused-ring (bicyclic) bond motifs is 2. The van der Waals surface area contributed by atoms with E-state index in [4.69, 9.17) is 9.26 Å². The van der Waals surface area contributed by atoms with Crippen LogP contribution >= 0.6 is 0 Å². The molecular weight excluding hydrogens is 378 g/mol. The van der Waals surface area contributed by atoms with Gasteiger partial charge in [-0.15, -0.1) is 0 Å². The van der Waals surface area contributed by atoms with Gasteiger partial charge in [-0.25, -0.2) is 0 Å². The van der Waals surface area contributed by atoms with Gasteiger partial charge in [0.1, 0.15) is 5.52 Å². The molecule has 6 nitrogen and oxygen atoms in total. The summed E-state index contributed by atoms with van der Waals surface area (Å²) < 4.78 is 10.9. The summed E-state index contributed by atoms with van der Waals surface area (Å²) in [5, 5.41) is 11.9. The summed E-state index contributed by atoms with van der Waals surface area (Å²) in [4.78, 5) is 13.4. The van der Waals surface area contributed by atoms with E-state index in [2.05, 4.69) is 27.9 Å². The number of methoxy groups -OCH3 is 1. The van der Waals surface area contributed by atoms with Crippen molar-refractivity contribution in [3.8, 4) is 11.3 Å². The van der Waals surface area contributed by atoms with Crippen LogP contribution < -0.4 is 10.6 Å². The molecule has 1 aliphatic rings. The minimum Gasteiger partial charge on any atom is -0.383 e. The van der Waals surface area contributed by atoms with E-state index in [1.807, 2.05) is 48.5 Å². The normalized spacial score (nSPS) is 12.1. The van der Waals surface area contributed by atoms with Crippen LogP contribution in [0.15, 0.2) is 65.2 Å². The molecule has 0 amide bonds. The summed E-state index contributed by atoms with van der Waals surface area (Å²) >= 11 is 0. The van der Waals surface area contributed by atoms with Crippen LogP contribution in [-0.4, -0.2) is 31.2 Å². The van der Waals surface area contributed by atoms with Gasteiger partial charge >= 0.3 is 0 Å². The van der Waals surface area contributed by atoms with E-state index >= 15 is 0 Å². The third kappa shape index (κ3) is 3.02. The first-order valence-electron chi connectivity index (χ1n) is 9.89. The van der Waals surface area contributed by atoms with Crippen molar-refractivity contribution in [3.05, 3.63) is 77.4 Å². The number of anilines is 2. The highest BCUT2D eigenvalue weighted by atomic mass is 16.5. The van der Waals surface area contributed by atoms with E-state index in [9.17, 15) is 4.79 Å². The van der Waals surface area contributed by atoms with Crippen LogP contribution in [0.3, 0.4) is 0 Å². The molecule has 0 fully saturated rings. The molecule has 0 aliphatic heterocycles. The highest BCUT2D eigenvalue weighted by molar-refractivity contribution is 6.28. The van der Waals surface area contributed by atoms with Crippen molar-refractivity contribution in [1.29, 1.82) is 0 Å². The molecule has 3 aromatic carbocycles. The Hall–Kier alpha value is -3.64. The standard InChI is InChI=1S/C24H21N3O3/c1-29-12-11-25-18-13-19(26-14-15-7-3-2-4-8-15)22-21-20(18)23(28)16-9-5-6-10-17(16)24(21)30-27-22/h2-10,13,25-26H,11-12,14H2,1H3. The summed E-state index contributed by atoms with van der Waals surface area (Å²) in [5.41, 5.74) is 5.39. The summed E-state index contributed by atoms with van der Waals surface area (Å²) in [6, 6.07) is 19.6. The molecule has 150 valence electrons. The summed E-state index contributed by atoms with van der Waals surface area (Å²) in [5.74, 6) is 0.606. The number of nitrogens with one attached hydrogen (secondary N) is 2. The molecule has 0 saturated carbocycles. The number of carbonyl (C=O) groups excluding carboxylic acids is 1. The zero-order valence-corrected chi connectivity index (χ0v) is 16.6. The highest BCUT2D eigenvalue weighted by Crippen LogP contribution is 2.44. The second kappa shape index (κ2) is 7.65. The van der Waals surface area contributed by atoms with Gasteiger partial charge in [-0.05, 0) is 11.6 Å². The van der Waals surface area contributed by atoms with Crippen molar-refractivity contribution < 1.29 is 14.1 Å². The van der Waals surface area contributed by atoms with Gasteiger partial charge in [0.2, 0.25) is 0 Å².